The fourth-order valence-corrected chi connectivity index (χ4v) is 3.08. The van der Waals surface area contributed by atoms with Gasteiger partial charge in [-0.1, -0.05) is 25.4 Å². The number of piperazine rings is 1. The molecule has 1 aliphatic heterocycles. The number of hydrogen-bond donors (Lipinski definition) is 1. The molecule has 0 aliphatic carbocycles. The molecule has 1 aromatic carbocycles. The van der Waals surface area contributed by atoms with E-state index in [9.17, 15) is 9.59 Å². The lowest BCUT2D eigenvalue weighted by Crippen LogP contribution is -2.66. The molecule has 0 atom stereocenters. The molecule has 6 heteroatoms. The smallest absolute Gasteiger partial charge is 0.253 e. The molecule has 1 saturated heterocycles. The van der Waals surface area contributed by atoms with Crippen molar-refractivity contribution in [3.63, 3.8) is 0 Å². The van der Waals surface area contributed by atoms with Crippen molar-refractivity contribution in [2.75, 3.05) is 11.4 Å². The SMILES string of the molecule is CCC1(CC)NC(=O)CN(c2cc(Cl)ccc2Br)C1=O. The van der Waals surface area contributed by atoms with E-state index in [0.717, 1.165) is 4.47 Å². The van der Waals surface area contributed by atoms with E-state index in [1.807, 2.05) is 13.8 Å². The predicted octanol–water partition coefficient (Wildman–Crippen LogP) is 3.12. The van der Waals surface area contributed by atoms with Gasteiger partial charge in [-0.25, -0.2) is 0 Å². The molecule has 0 bridgehead atoms. The molecule has 1 heterocycles. The van der Waals surface area contributed by atoms with E-state index < -0.39 is 5.54 Å². The summed E-state index contributed by atoms with van der Waals surface area (Å²) in [5.74, 6) is -0.245. The topological polar surface area (TPSA) is 49.4 Å². The van der Waals surface area contributed by atoms with Gasteiger partial charge < -0.3 is 5.32 Å². The minimum absolute atomic E-state index is 0.0134. The zero-order valence-corrected chi connectivity index (χ0v) is 13.7. The van der Waals surface area contributed by atoms with Crippen LogP contribution >= 0.6 is 27.5 Å². The van der Waals surface area contributed by atoms with Gasteiger partial charge in [-0.15, -0.1) is 0 Å². The number of nitrogens with one attached hydrogen (secondary N) is 1. The second-order valence-electron chi connectivity index (χ2n) is 4.82. The van der Waals surface area contributed by atoms with Gasteiger partial charge >= 0.3 is 0 Å². The van der Waals surface area contributed by atoms with Gasteiger partial charge in [0.1, 0.15) is 12.1 Å². The monoisotopic (exact) mass is 358 g/mol. The normalized spacial score (nSPS) is 18.1. The summed E-state index contributed by atoms with van der Waals surface area (Å²) in [7, 11) is 0. The first kappa shape index (κ1) is 15.3. The molecule has 1 aliphatic rings. The van der Waals surface area contributed by atoms with E-state index in [0.29, 0.717) is 23.6 Å². The van der Waals surface area contributed by atoms with Crippen LogP contribution < -0.4 is 10.2 Å². The van der Waals surface area contributed by atoms with Crippen molar-refractivity contribution in [3.05, 3.63) is 27.7 Å². The van der Waals surface area contributed by atoms with Crippen molar-refractivity contribution in [1.29, 1.82) is 0 Å². The highest BCUT2D eigenvalue weighted by Gasteiger charge is 2.44. The Hall–Kier alpha value is -1.07. The molecule has 1 fully saturated rings. The quantitative estimate of drug-likeness (QED) is 0.901. The fourth-order valence-electron chi connectivity index (χ4n) is 2.45. The Morgan fingerprint density at radius 3 is 2.60 bits per heavy atom. The minimum Gasteiger partial charge on any atom is -0.340 e. The highest BCUT2D eigenvalue weighted by molar-refractivity contribution is 9.10. The lowest BCUT2D eigenvalue weighted by molar-refractivity contribution is -0.136. The number of hydrogen-bond acceptors (Lipinski definition) is 2. The maximum Gasteiger partial charge on any atom is 0.253 e. The number of benzene rings is 1. The van der Waals surface area contributed by atoms with E-state index >= 15 is 0 Å². The maximum absolute atomic E-state index is 12.8. The molecule has 0 spiro atoms. The van der Waals surface area contributed by atoms with Gasteiger partial charge in [0.05, 0.1) is 5.69 Å². The van der Waals surface area contributed by atoms with Gasteiger partial charge in [0.15, 0.2) is 0 Å². The number of carbonyl (C=O) groups is 2. The molecule has 0 radical (unpaired) electrons. The van der Waals surface area contributed by atoms with Gasteiger partial charge in [-0.2, -0.15) is 0 Å². The van der Waals surface area contributed by atoms with Crippen LogP contribution in [0.4, 0.5) is 5.69 Å². The number of anilines is 1. The zero-order valence-electron chi connectivity index (χ0n) is 11.4. The van der Waals surface area contributed by atoms with E-state index in [1.165, 1.54) is 4.90 Å². The standard InChI is InChI=1S/C14H16BrClN2O2/c1-3-14(4-2)13(20)18(8-12(19)17-14)11-7-9(16)5-6-10(11)15/h5-7H,3-4,8H2,1-2H3,(H,17,19). The molecular formula is C14H16BrClN2O2. The predicted molar refractivity (Wildman–Crippen MR) is 83.0 cm³/mol. The van der Waals surface area contributed by atoms with Crippen LogP contribution in [0.15, 0.2) is 22.7 Å². The molecule has 2 amide bonds. The number of rotatable bonds is 3. The van der Waals surface area contributed by atoms with Crippen LogP contribution in [-0.4, -0.2) is 23.9 Å². The summed E-state index contributed by atoms with van der Waals surface area (Å²) in [6, 6.07) is 5.20. The van der Waals surface area contributed by atoms with Gasteiger partial charge in [0.25, 0.3) is 5.91 Å². The number of nitrogens with zero attached hydrogens (tertiary/aromatic N) is 1. The lowest BCUT2D eigenvalue weighted by atomic mass is 9.88. The van der Waals surface area contributed by atoms with Crippen molar-refractivity contribution >= 4 is 45.0 Å². The molecule has 2 rings (SSSR count). The van der Waals surface area contributed by atoms with Crippen molar-refractivity contribution in [2.45, 2.75) is 32.2 Å². The Kier molecular flexibility index (Phi) is 4.39. The van der Waals surface area contributed by atoms with E-state index in [4.69, 9.17) is 11.6 Å². The lowest BCUT2D eigenvalue weighted by Gasteiger charge is -2.41. The maximum atomic E-state index is 12.8. The van der Waals surface area contributed by atoms with Crippen LogP contribution in [0.25, 0.3) is 0 Å². The zero-order chi connectivity index (χ0) is 14.9. The molecular weight excluding hydrogens is 344 g/mol. The van der Waals surface area contributed by atoms with Crippen LogP contribution in [0, 0.1) is 0 Å². The van der Waals surface area contributed by atoms with Crippen LogP contribution in [0.2, 0.25) is 5.02 Å². The third kappa shape index (κ3) is 2.56. The Bertz CT molecular complexity index is 558. The van der Waals surface area contributed by atoms with Crippen LogP contribution in [0.3, 0.4) is 0 Å². The summed E-state index contributed by atoms with van der Waals surface area (Å²) in [4.78, 5) is 26.2. The second-order valence-corrected chi connectivity index (χ2v) is 6.12. The number of amides is 2. The number of carbonyl (C=O) groups excluding carboxylic acids is 2. The van der Waals surface area contributed by atoms with Crippen molar-refractivity contribution in [3.8, 4) is 0 Å². The van der Waals surface area contributed by atoms with Gasteiger partial charge in [-0.3, -0.25) is 14.5 Å². The summed E-state index contributed by atoms with van der Waals surface area (Å²) in [5.41, 5.74) is -0.194. The molecule has 1 aromatic rings. The van der Waals surface area contributed by atoms with Crippen LogP contribution in [0.5, 0.6) is 0 Å². The average molecular weight is 360 g/mol. The van der Waals surface area contributed by atoms with Crippen molar-refractivity contribution in [2.24, 2.45) is 0 Å². The van der Waals surface area contributed by atoms with Gasteiger partial charge in [0.2, 0.25) is 5.91 Å². The first-order valence-corrected chi connectivity index (χ1v) is 7.68. The largest absolute Gasteiger partial charge is 0.340 e. The Balaban J connectivity index is 2.47. The summed E-state index contributed by atoms with van der Waals surface area (Å²) in [6.07, 6.45) is 1.12. The molecule has 0 unspecified atom stereocenters. The highest BCUT2D eigenvalue weighted by atomic mass is 79.9. The fraction of sp³-hybridized carbons (Fsp3) is 0.429. The summed E-state index contributed by atoms with van der Waals surface area (Å²) in [6.45, 7) is 3.82. The third-order valence-corrected chi connectivity index (χ3v) is 4.65. The van der Waals surface area contributed by atoms with E-state index in [1.54, 1.807) is 18.2 Å². The van der Waals surface area contributed by atoms with E-state index in [2.05, 4.69) is 21.2 Å². The Morgan fingerprint density at radius 1 is 1.35 bits per heavy atom. The number of halogens is 2. The van der Waals surface area contributed by atoms with Crippen LogP contribution in [0.1, 0.15) is 26.7 Å². The molecule has 108 valence electrons. The molecule has 4 nitrogen and oxygen atoms in total. The molecule has 1 N–H and O–H groups in total. The van der Waals surface area contributed by atoms with Crippen molar-refractivity contribution < 1.29 is 9.59 Å². The Labute approximate surface area is 131 Å². The third-order valence-electron chi connectivity index (χ3n) is 3.74. The summed E-state index contributed by atoms with van der Waals surface area (Å²) in [5, 5.41) is 3.36. The molecule has 0 aromatic heterocycles. The Morgan fingerprint density at radius 2 is 2.00 bits per heavy atom. The minimum atomic E-state index is -0.822. The first-order valence-electron chi connectivity index (χ1n) is 6.51. The summed E-state index contributed by atoms with van der Waals surface area (Å²) >= 11 is 9.41. The average Bonchev–Trinajstić information content (AvgIpc) is 2.44. The molecule has 20 heavy (non-hydrogen) atoms. The van der Waals surface area contributed by atoms with E-state index in [-0.39, 0.29) is 18.4 Å². The summed E-state index contributed by atoms with van der Waals surface area (Å²) < 4.78 is 0.742. The van der Waals surface area contributed by atoms with Gasteiger partial charge in [0, 0.05) is 9.50 Å². The second kappa shape index (κ2) is 5.74. The first-order chi connectivity index (χ1) is 9.43. The highest BCUT2D eigenvalue weighted by Crippen LogP contribution is 2.33. The van der Waals surface area contributed by atoms with Gasteiger partial charge in [-0.05, 0) is 47.0 Å². The molecule has 0 saturated carbocycles. The van der Waals surface area contributed by atoms with Crippen molar-refractivity contribution in [1.82, 2.24) is 5.32 Å². The van der Waals surface area contributed by atoms with Crippen LogP contribution in [-0.2, 0) is 9.59 Å².